The Morgan fingerprint density at radius 3 is 3.13 bits per heavy atom. The zero-order valence-corrected chi connectivity index (χ0v) is 10.5. The van der Waals surface area contributed by atoms with Crippen molar-refractivity contribution in [3.63, 3.8) is 0 Å². The van der Waals surface area contributed by atoms with Crippen LogP contribution in [0.4, 0.5) is 0 Å². The van der Waals surface area contributed by atoms with E-state index in [1.165, 1.54) is 31.7 Å². The SMILES string of the molecule is CCN1CCCC1CN=C1NC(C)CS1. The molecule has 2 fully saturated rings. The van der Waals surface area contributed by atoms with Crippen molar-refractivity contribution in [2.24, 2.45) is 4.99 Å². The van der Waals surface area contributed by atoms with Crippen LogP contribution in [0.15, 0.2) is 4.99 Å². The lowest BCUT2D eigenvalue weighted by atomic mass is 10.2. The van der Waals surface area contributed by atoms with Gasteiger partial charge < -0.3 is 5.32 Å². The number of hydrogen-bond donors (Lipinski definition) is 1. The minimum Gasteiger partial charge on any atom is -0.362 e. The quantitative estimate of drug-likeness (QED) is 0.793. The summed E-state index contributed by atoms with van der Waals surface area (Å²) >= 11 is 1.86. The van der Waals surface area contributed by atoms with Gasteiger partial charge in [-0.1, -0.05) is 18.7 Å². The van der Waals surface area contributed by atoms with E-state index in [9.17, 15) is 0 Å². The smallest absolute Gasteiger partial charge is 0.156 e. The Morgan fingerprint density at radius 1 is 1.60 bits per heavy atom. The van der Waals surface area contributed by atoms with Crippen LogP contribution in [-0.4, -0.2) is 47.5 Å². The van der Waals surface area contributed by atoms with E-state index in [4.69, 9.17) is 0 Å². The molecule has 0 amide bonds. The van der Waals surface area contributed by atoms with Gasteiger partial charge in [0.05, 0.1) is 6.54 Å². The summed E-state index contributed by atoms with van der Waals surface area (Å²) in [5.74, 6) is 1.17. The molecule has 0 aromatic heterocycles. The normalized spacial score (nSPS) is 34.9. The van der Waals surface area contributed by atoms with Crippen molar-refractivity contribution in [3.8, 4) is 0 Å². The van der Waals surface area contributed by atoms with Crippen molar-refractivity contribution in [3.05, 3.63) is 0 Å². The number of thioether (sulfide) groups is 1. The van der Waals surface area contributed by atoms with Crippen LogP contribution in [0.2, 0.25) is 0 Å². The summed E-state index contributed by atoms with van der Waals surface area (Å²) in [5, 5.41) is 4.56. The molecule has 2 heterocycles. The number of hydrogen-bond acceptors (Lipinski definition) is 3. The molecule has 2 aliphatic rings. The molecule has 2 rings (SSSR count). The van der Waals surface area contributed by atoms with E-state index in [1.807, 2.05) is 11.8 Å². The first-order valence-electron chi connectivity index (χ1n) is 5.97. The maximum atomic E-state index is 4.68. The number of aliphatic imine (C=N–C) groups is 1. The van der Waals surface area contributed by atoms with Crippen LogP contribution in [0.3, 0.4) is 0 Å². The molecular weight excluding hydrogens is 206 g/mol. The molecule has 0 aromatic carbocycles. The maximum absolute atomic E-state index is 4.68. The van der Waals surface area contributed by atoms with E-state index in [0.29, 0.717) is 12.1 Å². The fourth-order valence-electron chi connectivity index (χ4n) is 2.30. The highest BCUT2D eigenvalue weighted by Crippen LogP contribution is 2.18. The Bertz CT molecular complexity index is 242. The zero-order valence-electron chi connectivity index (χ0n) is 9.70. The van der Waals surface area contributed by atoms with Gasteiger partial charge in [-0.25, -0.2) is 0 Å². The molecule has 0 radical (unpaired) electrons. The van der Waals surface area contributed by atoms with Crippen LogP contribution in [0, 0.1) is 0 Å². The van der Waals surface area contributed by atoms with Crippen LogP contribution in [0.25, 0.3) is 0 Å². The van der Waals surface area contributed by atoms with Crippen LogP contribution >= 0.6 is 11.8 Å². The summed E-state index contributed by atoms with van der Waals surface area (Å²) in [6.45, 7) is 7.88. The van der Waals surface area contributed by atoms with Crippen LogP contribution in [-0.2, 0) is 0 Å². The number of likely N-dealkylation sites (tertiary alicyclic amines) is 1. The van der Waals surface area contributed by atoms with E-state index >= 15 is 0 Å². The second-order valence-corrected chi connectivity index (χ2v) is 5.44. The fraction of sp³-hybridized carbons (Fsp3) is 0.909. The summed E-state index contributed by atoms with van der Waals surface area (Å²) in [6.07, 6.45) is 2.67. The van der Waals surface area contributed by atoms with Crippen molar-refractivity contribution in [2.75, 3.05) is 25.4 Å². The van der Waals surface area contributed by atoms with Crippen molar-refractivity contribution in [1.29, 1.82) is 0 Å². The molecule has 0 saturated carbocycles. The van der Waals surface area contributed by atoms with Gasteiger partial charge in [0.15, 0.2) is 5.17 Å². The summed E-state index contributed by atoms with van der Waals surface area (Å²) in [7, 11) is 0. The van der Waals surface area contributed by atoms with E-state index in [2.05, 4.69) is 29.1 Å². The van der Waals surface area contributed by atoms with Crippen molar-refractivity contribution in [2.45, 2.75) is 38.8 Å². The molecule has 2 atom stereocenters. The second-order valence-electron chi connectivity index (χ2n) is 4.43. The standard InChI is InChI=1S/C11H21N3S/c1-3-14-6-4-5-10(14)7-12-11-13-9(2)8-15-11/h9-10H,3-8H2,1-2H3,(H,12,13). The first-order chi connectivity index (χ1) is 7.29. The molecule has 2 aliphatic heterocycles. The van der Waals surface area contributed by atoms with Crippen LogP contribution in [0.5, 0.6) is 0 Å². The number of amidine groups is 1. The third-order valence-corrected chi connectivity index (χ3v) is 4.38. The Hall–Kier alpha value is -0.220. The number of rotatable bonds is 3. The Morgan fingerprint density at radius 2 is 2.47 bits per heavy atom. The van der Waals surface area contributed by atoms with Gasteiger partial charge in [0.2, 0.25) is 0 Å². The van der Waals surface area contributed by atoms with Gasteiger partial charge in [-0.05, 0) is 32.9 Å². The molecule has 86 valence electrons. The number of nitrogens with zero attached hydrogens (tertiary/aromatic N) is 2. The van der Waals surface area contributed by atoms with E-state index in [0.717, 1.165) is 11.7 Å². The maximum Gasteiger partial charge on any atom is 0.156 e. The van der Waals surface area contributed by atoms with Crippen molar-refractivity contribution in [1.82, 2.24) is 10.2 Å². The molecule has 15 heavy (non-hydrogen) atoms. The Balaban J connectivity index is 1.81. The highest BCUT2D eigenvalue weighted by atomic mass is 32.2. The molecule has 2 unspecified atom stereocenters. The van der Waals surface area contributed by atoms with E-state index < -0.39 is 0 Å². The van der Waals surface area contributed by atoms with Crippen LogP contribution in [0.1, 0.15) is 26.7 Å². The molecule has 0 bridgehead atoms. The van der Waals surface area contributed by atoms with Gasteiger partial charge in [-0.2, -0.15) is 0 Å². The zero-order chi connectivity index (χ0) is 10.7. The van der Waals surface area contributed by atoms with Gasteiger partial charge >= 0.3 is 0 Å². The third kappa shape index (κ3) is 2.88. The third-order valence-electron chi connectivity index (χ3n) is 3.19. The molecule has 1 N–H and O–H groups in total. The molecule has 0 aromatic rings. The lowest BCUT2D eigenvalue weighted by Crippen LogP contribution is -2.32. The lowest BCUT2D eigenvalue weighted by molar-refractivity contribution is 0.273. The molecular formula is C11H21N3S. The van der Waals surface area contributed by atoms with Crippen LogP contribution < -0.4 is 5.32 Å². The average molecular weight is 227 g/mol. The Kier molecular flexibility index (Phi) is 3.92. The summed E-state index contributed by atoms with van der Waals surface area (Å²) < 4.78 is 0. The van der Waals surface area contributed by atoms with Gasteiger partial charge in [-0.15, -0.1) is 0 Å². The highest BCUT2D eigenvalue weighted by molar-refractivity contribution is 8.14. The monoisotopic (exact) mass is 227 g/mol. The minimum atomic E-state index is 0.597. The molecule has 4 heteroatoms. The van der Waals surface area contributed by atoms with E-state index in [1.54, 1.807) is 0 Å². The number of likely N-dealkylation sites (N-methyl/N-ethyl adjacent to an activating group) is 1. The average Bonchev–Trinajstić information content (AvgIpc) is 2.83. The predicted molar refractivity (Wildman–Crippen MR) is 67.6 cm³/mol. The van der Waals surface area contributed by atoms with Gasteiger partial charge in [0.25, 0.3) is 0 Å². The van der Waals surface area contributed by atoms with Gasteiger partial charge in [-0.3, -0.25) is 9.89 Å². The van der Waals surface area contributed by atoms with Crippen molar-refractivity contribution < 1.29 is 0 Å². The highest BCUT2D eigenvalue weighted by Gasteiger charge is 2.23. The molecule has 2 saturated heterocycles. The summed E-state index contributed by atoms with van der Waals surface area (Å²) in [6, 6.07) is 1.29. The molecule has 0 spiro atoms. The first kappa shape index (κ1) is 11.3. The van der Waals surface area contributed by atoms with Crippen molar-refractivity contribution >= 4 is 16.9 Å². The first-order valence-corrected chi connectivity index (χ1v) is 6.96. The lowest BCUT2D eigenvalue weighted by Gasteiger charge is -2.20. The molecule has 0 aliphatic carbocycles. The molecule has 3 nitrogen and oxygen atoms in total. The topological polar surface area (TPSA) is 27.6 Å². The fourth-order valence-corrected chi connectivity index (χ4v) is 3.24. The summed E-state index contributed by atoms with van der Waals surface area (Å²) in [4.78, 5) is 7.23. The van der Waals surface area contributed by atoms with E-state index in [-0.39, 0.29) is 0 Å². The largest absolute Gasteiger partial charge is 0.362 e. The number of nitrogens with one attached hydrogen (secondary N) is 1. The van der Waals surface area contributed by atoms with Gasteiger partial charge in [0.1, 0.15) is 0 Å². The summed E-state index contributed by atoms with van der Waals surface area (Å²) in [5.41, 5.74) is 0. The minimum absolute atomic E-state index is 0.597. The second kappa shape index (κ2) is 5.21. The van der Waals surface area contributed by atoms with Gasteiger partial charge in [0, 0.05) is 17.8 Å². The Labute approximate surface area is 96.7 Å². The predicted octanol–water partition coefficient (Wildman–Crippen LogP) is 1.55.